The Morgan fingerprint density at radius 2 is 1.44 bits per heavy atom. The van der Waals surface area contributed by atoms with Crippen molar-refractivity contribution < 1.29 is 10.2 Å². The molecular formula is C32H51N5O2. The number of nitrogens with zero attached hydrogens (tertiary/aromatic N) is 3. The smallest absolute Gasteiger partial charge is 0.142 e. The van der Waals surface area contributed by atoms with Gasteiger partial charge in [0.1, 0.15) is 17.8 Å². The Morgan fingerprint density at radius 3 is 2.18 bits per heavy atom. The molecule has 2 aromatic heterocycles. The lowest BCUT2D eigenvalue weighted by Crippen LogP contribution is -2.67. The first-order chi connectivity index (χ1) is 19.1. The molecule has 2 aromatic rings. The van der Waals surface area contributed by atoms with E-state index in [-0.39, 0.29) is 11.8 Å². The molecule has 4 N–H and O–H groups in total. The van der Waals surface area contributed by atoms with Crippen molar-refractivity contribution in [2.24, 2.45) is 11.8 Å². The number of anilines is 1. The van der Waals surface area contributed by atoms with Gasteiger partial charge in [0.15, 0.2) is 0 Å². The van der Waals surface area contributed by atoms with E-state index in [1.54, 1.807) is 6.33 Å². The van der Waals surface area contributed by atoms with Gasteiger partial charge < -0.3 is 25.4 Å². The molecular weight excluding hydrogens is 486 g/mol. The molecule has 39 heavy (non-hydrogen) atoms. The summed E-state index contributed by atoms with van der Waals surface area (Å²) in [4.78, 5) is 15.1. The minimum absolute atomic E-state index is 0.0254. The summed E-state index contributed by atoms with van der Waals surface area (Å²) in [6, 6.07) is 3.09. The second-order valence-electron chi connectivity index (χ2n) is 13.4. The molecule has 6 rings (SSSR count). The Morgan fingerprint density at radius 1 is 0.795 bits per heavy atom. The summed E-state index contributed by atoms with van der Waals surface area (Å²) in [5.41, 5.74) is -1.23. The number of aromatic nitrogens is 3. The van der Waals surface area contributed by atoms with Crippen molar-refractivity contribution >= 4 is 16.9 Å². The topological polar surface area (TPSA) is 97.3 Å². The molecule has 0 bridgehead atoms. The van der Waals surface area contributed by atoms with Gasteiger partial charge in [-0.15, -0.1) is 0 Å². The van der Waals surface area contributed by atoms with Gasteiger partial charge in [0.05, 0.1) is 16.6 Å². The predicted molar refractivity (Wildman–Crippen MR) is 157 cm³/mol. The lowest BCUT2D eigenvalue weighted by Gasteiger charge is -2.56. The Kier molecular flexibility index (Phi) is 8.48. The fourth-order valence-electron chi connectivity index (χ4n) is 8.85. The van der Waals surface area contributed by atoms with Crippen molar-refractivity contribution in [1.82, 2.24) is 20.3 Å². The van der Waals surface area contributed by atoms with Gasteiger partial charge in [-0.05, 0) is 57.4 Å². The third kappa shape index (κ3) is 5.48. The molecule has 0 radical (unpaired) electrons. The van der Waals surface area contributed by atoms with Crippen LogP contribution >= 0.6 is 0 Å². The number of rotatable bonds is 8. The average molecular weight is 538 g/mol. The molecule has 7 nitrogen and oxygen atoms in total. The van der Waals surface area contributed by atoms with Crippen LogP contribution in [0.3, 0.4) is 0 Å². The monoisotopic (exact) mass is 537 g/mol. The molecule has 4 atom stereocenters. The molecule has 4 saturated carbocycles. The predicted octanol–water partition coefficient (Wildman–Crippen LogP) is 5.86. The second kappa shape index (κ2) is 12.0. The van der Waals surface area contributed by atoms with Crippen LogP contribution in [0.15, 0.2) is 18.6 Å². The third-order valence-corrected chi connectivity index (χ3v) is 11.1. The summed E-state index contributed by atoms with van der Waals surface area (Å²) >= 11 is 0. The van der Waals surface area contributed by atoms with Crippen LogP contribution in [0.25, 0.3) is 11.0 Å². The van der Waals surface area contributed by atoms with Crippen molar-refractivity contribution in [3.05, 3.63) is 18.6 Å². The van der Waals surface area contributed by atoms with E-state index < -0.39 is 11.2 Å². The molecule has 4 aliphatic rings. The number of aliphatic hydroxyl groups is 2. The van der Waals surface area contributed by atoms with Crippen LogP contribution in [-0.4, -0.2) is 61.5 Å². The van der Waals surface area contributed by atoms with Crippen LogP contribution in [0.1, 0.15) is 116 Å². The standard InChI is InChI=1S/C32H51N5O2/c38-31(18-9-7-11-24(31)21-34-26-13-3-1-4-14-26)32(39)19-10-8-12-25(32)22-37(27-15-5-2-6-16-27)30-28-17-20-33-29(28)35-23-36-30/h17,20,23-27,34,38-39H,1-16,18-19,21-22H2,(H,33,35,36). The summed E-state index contributed by atoms with van der Waals surface area (Å²) in [5.74, 6) is 1.13. The van der Waals surface area contributed by atoms with Crippen LogP contribution in [0.5, 0.6) is 0 Å². The maximum Gasteiger partial charge on any atom is 0.142 e. The van der Waals surface area contributed by atoms with Crippen molar-refractivity contribution in [2.75, 3.05) is 18.0 Å². The average Bonchev–Trinajstić information content (AvgIpc) is 3.47. The van der Waals surface area contributed by atoms with Gasteiger partial charge in [0.2, 0.25) is 0 Å². The SMILES string of the molecule is OC1(C2(O)CCCCC2CN(c2ncnc3[nH]ccc23)C2CCCCC2)CCCCC1CNC1CCCCC1. The summed E-state index contributed by atoms with van der Waals surface area (Å²) < 4.78 is 0. The molecule has 0 amide bonds. The molecule has 4 aliphatic carbocycles. The largest absolute Gasteiger partial charge is 0.387 e. The highest BCUT2D eigenvalue weighted by Crippen LogP contribution is 2.51. The number of nitrogens with one attached hydrogen (secondary N) is 2. The van der Waals surface area contributed by atoms with Gasteiger partial charge >= 0.3 is 0 Å². The molecule has 0 saturated heterocycles. The van der Waals surface area contributed by atoms with Gasteiger partial charge in [0.25, 0.3) is 0 Å². The van der Waals surface area contributed by atoms with E-state index in [4.69, 9.17) is 4.98 Å². The number of hydrogen-bond acceptors (Lipinski definition) is 6. The zero-order chi connectivity index (χ0) is 26.7. The van der Waals surface area contributed by atoms with Crippen LogP contribution in [0.4, 0.5) is 5.82 Å². The van der Waals surface area contributed by atoms with Crippen LogP contribution in [-0.2, 0) is 0 Å². The van der Waals surface area contributed by atoms with Gasteiger partial charge in [-0.3, -0.25) is 0 Å². The highest BCUT2D eigenvalue weighted by Gasteiger charge is 2.58. The maximum absolute atomic E-state index is 12.7. The molecule has 4 unspecified atom stereocenters. The number of hydrogen-bond donors (Lipinski definition) is 4. The van der Waals surface area contributed by atoms with E-state index in [1.165, 1.54) is 64.2 Å². The minimum atomic E-state index is -1.07. The lowest BCUT2D eigenvalue weighted by atomic mass is 9.57. The Balaban J connectivity index is 1.28. The van der Waals surface area contributed by atoms with E-state index in [0.29, 0.717) is 18.5 Å². The molecule has 7 heteroatoms. The molecule has 0 aromatic carbocycles. The quantitative estimate of drug-likeness (QED) is 0.337. The number of aromatic amines is 1. The molecule has 0 spiro atoms. The lowest BCUT2D eigenvalue weighted by molar-refractivity contribution is -0.229. The fraction of sp³-hybridized carbons (Fsp3) is 0.812. The highest BCUT2D eigenvalue weighted by atomic mass is 16.4. The van der Waals surface area contributed by atoms with Gasteiger partial charge in [-0.25, -0.2) is 9.97 Å². The number of fused-ring (bicyclic) bond motifs is 1. The first-order valence-electron chi connectivity index (χ1n) is 16.3. The van der Waals surface area contributed by atoms with Gasteiger partial charge in [-0.2, -0.15) is 0 Å². The Bertz CT molecular complexity index is 1060. The summed E-state index contributed by atoms with van der Waals surface area (Å²) in [5, 5.41) is 30.3. The summed E-state index contributed by atoms with van der Waals surface area (Å²) in [6.07, 6.45) is 23.9. The maximum atomic E-state index is 12.7. The highest BCUT2D eigenvalue weighted by molar-refractivity contribution is 5.87. The molecule has 216 valence electrons. The van der Waals surface area contributed by atoms with Crippen LogP contribution in [0.2, 0.25) is 0 Å². The van der Waals surface area contributed by atoms with E-state index in [0.717, 1.165) is 74.9 Å². The summed E-state index contributed by atoms with van der Waals surface area (Å²) in [7, 11) is 0. The molecule has 0 aliphatic heterocycles. The summed E-state index contributed by atoms with van der Waals surface area (Å²) in [6.45, 7) is 1.59. The minimum Gasteiger partial charge on any atom is -0.387 e. The van der Waals surface area contributed by atoms with E-state index in [1.807, 2.05) is 6.20 Å². The van der Waals surface area contributed by atoms with Crippen molar-refractivity contribution in [3.8, 4) is 0 Å². The van der Waals surface area contributed by atoms with E-state index in [9.17, 15) is 10.2 Å². The number of H-pyrrole nitrogens is 1. The van der Waals surface area contributed by atoms with Gasteiger partial charge in [0, 0.05) is 43.2 Å². The third-order valence-electron chi connectivity index (χ3n) is 11.1. The first kappa shape index (κ1) is 27.5. The Labute approximate surface area is 234 Å². The molecule has 4 fully saturated rings. The van der Waals surface area contributed by atoms with Crippen molar-refractivity contribution in [1.29, 1.82) is 0 Å². The van der Waals surface area contributed by atoms with E-state index in [2.05, 4.69) is 26.3 Å². The Hall–Kier alpha value is -1.70. The van der Waals surface area contributed by atoms with Crippen LogP contribution < -0.4 is 10.2 Å². The molecule has 2 heterocycles. The zero-order valence-corrected chi connectivity index (χ0v) is 23.9. The normalized spacial score (nSPS) is 33.4. The van der Waals surface area contributed by atoms with Crippen LogP contribution in [0, 0.1) is 11.8 Å². The zero-order valence-electron chi connectivity index (χ0n) is 23.9. The second-order valence-corrected chi connectivity index (χ2v) is 13.4. The van der Waals surface area contributed by atoms with Gasteiger partial charge in [-0.1, -0.05) is 64.2 Å². The van der Waals surface area contributed by atoms with E-state index >= 15 is 0 Å². The first-order valence-corrected chi connectivity index (χ1v) is 16.3. The fourth-order valence-corrected chi connectivity index (χ4v) is 8.85. The van der Waals surface area contributed by atoms with Crippen molar-refractivity contribution in [2.45, 2.75) is 139 Å². The van der Waals surface area contributed by atoms with Crippen molar-refractivity contribution in [3.63, 3.8) is 0 Å².